The van der Waals surface area contributed by atoms with Crippen molar-refractivity contribution in [2.24, 2.45) is 0 Å². The molecular formula is C20H20N4O4S. The molecule has 0 spiro atoms. The molecule has 0 bridgehead atoms. The number of aromatic nitrogens is 2. The molecule has 2 aliphatic heterocycles. The van der Waals surface area contributed by atoms with Crippen LogP contribution in [0, 0.1) is 0 Å². The normalized spacial score (nSPS) is 16.5. The van der Waals surface area contributed by atoms with Crippen LogP contribution in [0.4, 0.5) is 0 Å². The Kier molecular flexibility index (Phi) is 4.48. The predicted octanol–water partition coefficient (Wildman–Crippen LogP) is 2.04. The maximum atomic E-state index is 12.9. The second-order valence-electron chi connectivity index (χ2n) is 7.19. The van der Waals surface area contributed by atoms with Gasteiger partial charge in [-0.1, -0.05) is 6.07 Å². The molecule has 9 heteroatoms. The van der Waals surface area contributed by atoms with Gasteiger partial charge < -0.3 is 19.4 Å². The topological polar surface area (TPSA) is 87.8 Å². The van der Waals surface area contributed by atoms with Crippen molar-refractivity contribution >= 4 is 27.5 Å². The standard InChI is InChI=1S/C20H20N4O4S/c1-12(25)24-6-4-23(5-7-24)9-17-21-19(26)18-14(10-29-20(18)22-17)13-2-3-15-16(8-13)28-11-27-15/h2-3,8,10H,4-7,9,11H2,1H3,(H,21,22,26). The molecule has 0 saturated carbocycles. The third-order valence-corrected chi connectivity index (χ3v) is 6.24. The van der Waals surface area contributed by atoms with Crippen molar-refractivity contribution in [1.29, 1.82) is 0 Å². The highest BCUT2D eigenvalue weighted by Gasteiger charge is 2.21. The van der Waals surface area contributed by atoms with Crippen LogP contribution < -0.4 is 15.0 Å². The van der Waals surface area contributed by atoms with E-state index in [0.29, 0.717) is 42.3 Å². The van der Waals surface area contributed by atoms with Crippen molar-refractivity contribution in [2.45, 2.75) is 13.5 Å². The summed E-state index contributed by atoms with van der Waals surface area (Å²) in [5.74, 6) is 2.16. The fraction of sp³-hybridized carbons (Fsp3) is 0.350. The van der Waals surface area contributed by atoms with Crippen LogP contribution in [0.25, 0.3) is 21.3 Å². The van der Waals surface area contributed by atoms with Crippen LogP contribution in [0.2, 0.25) is 0 Å². The van der Waals surface area contributed by atoms with Crippen molar-refractivity contribution < 1.29 is 14.3 Å². The number of carbonyl (C=O) groups is 1. The average Bonchev–Trinajstić information content (AvgIpc) is 3.34. The average molecular weight is 412 g/mol. The molecule has 3 aromatic rings. The molecule has 1 fully saturated rings. The number of hydrogen-bond acceptors (Lipinski definition) is 7. The number of hydrogen-bond donors (Lipinski definition) is 1. The largest absolute Gasteiger partial charge is 0.454 e. The molecule has 2 aliphatic rings. The third kappa shape index (κ3) is 3.36. The fourth-order valence-corrected chi connectivity index (χ4v) is 4.74. The maximum absolute atomic E-state index is 12.9. The molecule has 2 aromatic heterocycles. The van der Waals surface area contributed by atoms with Gasteiger partial charge in [-0.2, -0.15) is 0 Å². The number of fused-ring (bicyclic) bond motifs is 2. The van der Waals surface area contributed by atoms with E-state index in [0.717, 1.165) is 29.0 Å². The van der Waals surface area contributed by atoms with Gasteiger partial charge in [-0.05, 0) is 17.7 Å². The molecular weight excluding hydrogens is 392 g/mol. The number of amides is 1. The van der Waals surface area contributed by atoms with Gasteiger partial charge in [0.2, 0.25) is 12.7 Å². The van der Waals surface area contributed by atoms with E-state index in [-0.39, 0.29) is 18.3 Å². The van der Waals surface area contributed by atoms with E-state index >= 15 is 0 Å². The summed E-state index contributed by atoms with van der Waals surface area (Å²) in [6.45, 7) is 5.33. The molecule has 0 radical (unpaired) electrons. The first-order valence-electron chi connectivity index (χ1n) is 9.47. The summed E-state index contributed by atoms with van der Waals surface area (Å²) in [5.41, 5.74) is 1.61. The molecule has 8 nitrogen and oxygen atoms in total. The van der Waals surface area contributed by atoms with Gasteiger partial charge in [-0.3, -0.25) is 14.5 Å². The van der Waals surface area contributed by atoms with E-state index in [2.05, 4.69) is 14.9 Å². The maximum Gasteiger partial charge on any atom is 0.260 e. The molecule has 0 unspecified atom stereocenters. The van der Waals surface area contributed by atoms with Gasteiger partial charge in [0.1, 0.15) is 10.7 Å². The quantitative estimate of drug-likeness (QED) is 0.708. The summed E-state index contributed by atoms with van der Waals surface area (Å²) >= 11 is 1.46. The first-order valence-corrected chi connectivity index (χ1v) is 10.3. The Balaban J connectivity index is 1.40. The summed E-state index contributed by atoms with van der Waals surface area (Å²) in [4.78, 5) is 36.7. The van der Waals surface area contributed by atoms with Crippen molar-refractivity contribution in [1.82, 2.24) is 19.8 Å². The minimum absolute atomic E-state index is 0.104. The van der Waals surface area contributed by atoms with E-state index in [1.165, 1.54) is 11.3 Å². The highest BCUT2D eigenvalue weighted by atomic mass is 32.1. The number of nitrogens with zero attached hydrogens (tertiary/aromatic N) is 3. The van der Waals surface area contributed by atoms with Gasteiger partial charge in [0.05, 0.1) is 11.9 Å². The number of nitrogens with one attached hydrogen (secondary N) is 1. The Morgan fingerprint density at radius 2 is 2.00 bits per heavy atom. The fourth-order valence-electron chi connectivity index (χ4n) is 3.78. The lowest BCUT2D eigenvalue weighted by atomic mass is 10.1. The molecule has 0 aliphatic carbocycles. The van der Waals surface area contributed by atoms with E-state index in [1.54, 1.807) is 6.92 Å². The number of thiophene rings is 1. The molecule has 4 heterocycles. The zero-order valence-corrected chi connectivity index (χ0v) is 16.8. The minimum Gasteiger partial charge on any atom is -0.454 e. The number of rotatable bonds is 3. The number of aromatic amines is 1. The van der Waals surface area contributed by atoms with E-state index in [9.17, 15) is 9.59 Å². The van der Waals surface area contributed by atoms with Crippen LogP contribution in [0.3, 0.4) is 0 Å². The first-order chi connectivity index (χ1) is 14.1. The lowest BCUT2D eigenvalue weighted by molar-refractivity contribution is -0.130. The first kappa shape index (κ1) is 18.1. The summed E-state index contributed by atoms with van der Waals surface area (Å²) in [6.07, 6.45) is 0. The molecule has 0 atom stereocenters. The SMILES string of the molecule is CC(=O)N1CCN(Cc2nc3scc(-c4ccc5c(c4)OCO5)c3c(=O)[nH]2)CC1. The number of carbonyl (C=O) groups excluding carboxylic acids is 1. The van der Waals surface area contributed by atoms with Crippen molar-refractivity contribution in [2.75, 3.05) is 33.0 Å². The molecule has 1 saturated heterocycles. The highest BCUT2D eigenvalue weighted by Crippen LogP contribution is 2.38. The van der Waals surface area contributed by atoms with Gasteiger partial charge in [0.25, 0.3) is 5.56 Å². The van der Waals surface area contributed by atoms with E-state index < -0.39 is 0 Å². The molecule has 150 valence electrons. The summed E-state index contributed by atoms with van der Waals surface area (Å²) in [6, 6.07) is 5.68. The second-order valence-corrected chi connectivity index (χ2v) is 8.05. The number of piperazine rings is 1. The molecule has 5 rings (SSSR count). The second kappa shape index (κ2) is 7.16. The molecule has 1 aromatic carbocycles. The van der Waals surface area contributed by atoms with Crippen molar-refractivity contribution in [3.8, 4) is 22.6 Å². The third-order valence-electron chi connectivity index (χ3n) is 5.37. The van der Waals surface area contributed by atoms with Crippen molar-refractivity contribution in [3.05, 3.63) is 39.8 Å². The monoisotopic (exact) mass is 412 g/mol. The summed E-state index contributed by atoms with van der Waals surface area (Å²) in [7, 11) is 0. The van der Waals surface area contributed by atoms with Crippen LogP contribution in [0.1, 0.15) is 12.7 Å². The molecule has 1 N–H and O–H groups in total. The number of H-pyrrole nitrogens is 1. The zero-order valence-electron chi connectivity index (χ0n) is 15.9. The van der Waals surface area contributed by atoms with Crippen LogP contribution in [0.5, 0.6) is 11.5 Å². The minimum atomic E-state index is -0.138. The van der Waals surface area contributed by atoms with Crippen LogP contribution in [0.15, 0.2) is 28.4 Å². The Bertz CT molecular complexity index is 1150. The van der Waals surface area contributed by atoms with E-state index in [1.807, 2.05) is 28.5 Å². The Morgan fingerprint density at radius 3 is 2.79 bits per heavy atom. The number of ether oxygens (including phenoxy) is 2. The lowest BCUT2D eigenvalue weighted by Gasteiger charge is -2.33. The van der Waals surface area contributed by atoms with Gasteiger partial charge in [0, 0.05) is 44.0 Å². The Hall–Kier alpha value is -2.91. The molecule has 29 heavy (non-hydrogen) atoms. The predicted molar refractivity (Wildman–Crippen MR) is 109 cm³/mol. The summed E-state index contributed by atoms with van der Waals surface area (Å²) < 4.78 is 10.8. The van der Waals surface area contributed by atoms with Crippen LogP contribution in [-0.2, 0) is 11.3 Å². The molecule has 1 amide bonds. The van der Waals surface area contributed by atoms with Gasteiger partial charge >= 0.3 is 0 Å². The van der Waals surface area contributed by atoms with Gasteiger partial charge in [-0.15, -0.1) is 11.3 Å². The Labute approximate surface area is 170 Å². The number of benzene rings is 1. The van der Waals surface area contributed by atoms with Gasteiger partial charge in [0.15, 0.2) is 11.5 Å². The smallest absolute Gasteiger partial charge is 0.260 e. The van der Waals surface area contributed by atoms with Crippen LogP contribution >= 0.6 is 11.3 Å². The highest BCUT2D eigenvalue weighted by molar-refractivity contribution is 7.17. The Morgan fingerprint density at radius 1 is 1.21 bits per heavy atom. The lowest BCUT2D eigenvalue weighted by Crippen LogP contribution is -2.47. The van der Waals surface area contributed by atoms with Crippen molar-refractivity contribution in [3.63, 3.8) is 0 Å². The van der Waals surface area contributed by atoms with Crippen LogP contribution in [-0.4, -0.2) is 58.6 Å². The summed E-state index contributed by atoms with van der Waals surface area (Å²) in [5, 5.41) is 2.55. The zero-order chi connectivity index (χ0) is 20.0. The van der Waals surface area contributed by atoms with E-state index in [4.69, 9.17) is 9.47 Å². The van der Waals surface area contributed by atoms with Gasteiger partial charge in [-0.25, -0.2) is 4.98 Å².